The quantitative estimate of drug-likeness (QED) is 0.623. The molecule has 0 aliphatic carbocycles. The topological polar surface area (TPSA) is 88.3 Å². The van der Waals surface area contributed by atoms with Crippen molar-refractivity contribution >= 4 is 29.1 Å². The molecule has 3 N–H and O–H groups in total. The van der Waals surface area contributed by atoms with Crippen LogP contribution in [0.25, 0.3) is 0 Å². The number of imide groups is 1. The third-order valence-electron chi connectivity index (χ3n) is 3.14. The molecule has 1 aromatic rings. The molecular weight excluding hydrogens is 276 g/mol. The van der Waals surface area contributed by atoms with E-state index in [1.807, 2.05) is 6.92 Å². The van der Waals surface area contributed by atoms with Gasteiger partial charge in [-0.3, -0.25) is 14.7 Å². The molecule has 1 saturated heterocycles. The lowest BCUT2D eigenvalue weighted by molar-refractivity contribution is -0.128. The summed E-state index contributed by atoms with van der Waals surface area (Å²) in [4.78, 5) is 29.4. The molecular formula is C13H16N4O2S. The van der Waals surface area contributed by atoms with E-state index in [0.717, 1.165) is 6.42 Å². The Morgan fingerprint density at radius 2 is 2.30 bits per heavy atom. The van der Waals surface area contributed by atoms with E-state index in [0.29, 0.717) is 17.7 Å². The number of thiocarbonyl (C=S) groups is 1. The molecule has 1 aliphatic heterocycles. The van der Waals surface area contributed by atoms with Crippen molar-refractivity contribution in [3.8, 4) is 0 Å². The third-order valence-corrected chi connectivity index (χ3v) is 3.33. The maximum Gasteiger partial charge on any atom is 0.325 e. The second-order valence-corrected chi connectivity index (χ2v) is 5.03. The number of rotatable bonds is 5. The molecule has 1 atom stereocenters. The normalized spacial score (nSPS) is 18.2. The van der Waals surface area contributed by atoms with E-state index in [9.17, 15) is 9.59 Å². The van der Waals surface area contributed by atoms with Crippen LogP contribution in [0, 0.1) is 0 Å². The number of nitrogens with zero attached hydrogens (tertiary/aromatic N) is 2. The summed E-state index contributed by atoms with van der Waals surface area (Å²) < 4.78 is 0. The highest BCUT2D eigenvalue weighted by atomic mass is 32.1. The monoisotopic (exact) mass is 292 g/mol. The summed E-state index contributed by atoms with van der Waals surface area (Å²) in [7, 11) is 0. The number of urea groups is 1. The van der Waals surface area contributed by atoms with Crippen molar-refractivity contribution in [3.05, 3.63) is 29.6 Å². The van der Waals surface area contributed by atoms with Crippen LogP contribution in [0.2, 0.25) is 0 Å². The number of hydrogen-bond acceptors (Lipinski definition) is 4. The molecule has 6 nitrogen and oxygen atoms in total. The van der Waals surface area contributed by atoms with Crippen LogP contribution >= 0.6 is 12.2 Å². The molecule has 2 rings (SSSR count). The summed E-state index contributed by atoms with van der Waals surface area (Å²) in [6.45, 7) is 2.10. The van der Waals surface area contributed by atoms with Gasteiger partial charge in [0.1, 0.15) is 16.7 Å². The molecule has 106 valence electrons. The predicted octanol–water partition coefficient (Wildman–Crippen LogP) is 0.936. The number of pyridine rings is 1. The molecule has 1 aliphatic rings. The van der Waals surface area contributed by atoms with E-state index in [2.05, 4.69) is 10.3 Å². The zero-order chi connectivity index (χ0) is 14.7. The molecule has 0 radical (unpaired) electrons. The summed E-state index contributed by atoms with van der Waals surface area (Å²) in [5.74, 6) is -0.213. The van der Waals surface area contributed by atoms with Crippen LogP contribution in [0.4, 0.5) is 4.79 Å². The average molecular weight is 292 g/mol. The van der Waals surface area contributed by atoms with Gasteiger partial charge in [0, 0.05) is 11.8 Å². The molecule has 1 aromatic heterocycles. The zero-order valence-electron chi connectivity index (χ0n) is 11.1. The number of hydrogen-bond donors (Lipinski definition) is 2. The second kappa shape index (κ2) is 5.96. The number of nitrogens with two attached hydrogens (primary N) is 1. The first kappa shape index (κ1) is 14.4. The molecule has 0 spiro atoms. The van der Waals surface area contributed by atoms with Crippen LogP contribution in [0.1, 0.15) is 31.0 Å². The van der Waals surface area contributed by atoms with Gasteiger partial charge in [-0.15, -0.1) is 0 Å². The lowest BCUT2D eigenvalue weighted by Gasteiger charge is -2.14. The fourth-order valence-corrected chi connectivity index (χ4v) is 2.35. The fraction of sp³-hybridized carbons (Fsp3) is 0.385. The van der Waals surface area contributed by atoms with Crippen molar-refractivity contribution < 1.29 is 9.59 Å². The molecule has 1 fully saturated rings. The van der Waals surface area contributed by atoms with Gasteiger partial charge in [-0.1, -0.05) is 31.6 Å². The van der Waals surface area contributed by atoms with Crippen LogP contribution in [0.5, 0.6) is 0 Å². The van der Waals surface area contributed by atoms with Gasteiger partial charge in [-0.2, -0.15) is 0 Å². The van der Waals surface area contributed by atoms with Gasteiger partial charge in [-0.05, 0) is 12.5 Å². The van der Waals surface area contributed by atoms with Crippen molar-refractivity contribution in [1.82, 2.24) is 15.2 Å². The Bertz CT molecular complexity index is 561. The van der Waals surface area contributed by atoms with Crippen molar-refractivity contribution in [2.75, 3.05) is 0 Å². The Morgan fingerprint density at radius 3 is 2.95 bits per heavy atom. The van der Waals surface area contributed by atoms with Gasteiger partial charge in [-0.25, -0.2) is 4.79 Å². The van der Waals surface area contributed by atoms with Gasteiger partial charge in [0.15, 0.2) is 0 Å². The van der Waals surface area contributed by atoms with E-state index in [1.165, 1.54) is 4.90 Å². The van der Waals surface area contributed by atoms with Crippen molar-refractivity contribution in [2.45, 2.75) is 32.4 Å². The second-order valence-electron chi connectivity index (χ2n) is 4.59. The standard InChI is InChI=1S/C13H16N4O2S/c1-2-4-9-12(18)17(13(19)16-9)7-8-5-3-6-15-10(8)11(14)20/h3,5-6,9H,2,4,7H2,1H3,(H2,14,20)(H,16,19). The molecule has 1 unspecified atom stereocenters. The number of amides is 3. The first-order valence-corrected chi connectivity index (χ1v) is 6.81. The minimum atomic E-state index is -0.433. The van der Waals surface area contributed by atoms with E-state index in [4.69, 9.17) is 18.0 Å². The number of aromatic nitrogens is 1. The smallest absolute Gasteiger partial charge is 0.325 e. The van der Waals surface area contributed by atoms with Crippen molar-refractivity contribution in [3.63, 3.8) is 0 Å². The molecule has 0 saturated carbocycles. The summed E-state index contributed by atoms with van der Waals surface area (Å²) in [6.07, 6.45) is 3.04. The van der Waals surface area contributed by atoms with Gasteiger partial charge in [0.2, 0.25) is 0 Å². The molecule has 0 aromatic carbocycles. The molecule has 7 heteroatoms. The highest BCUT2D eigenvalue weighted by molar-refractivity contribution is 7.80. The molecule has 2 heterocycles. The average Bonchev–Trinajstić information content (AvgIpc) is 2.67. The Labute approximate surface area is 122 Å². The summed E-state index contributed by atoms with van der Waals surface area (Å²) >= 11 is 4.93. The first-order chi connectivity index (χ1) is 9.54. The van der Waals surface area contributed by atoms with Crippen LogP contribution < -0.4 is 11.1 Å². The van der Waals surface area contributed by atoms with Gasteiger partial charge < -0.3 is 11.1 Å². The first-order valence-electron chi connectivity index (χ1n) is 6.40. The number of nitrogens with one attached hydrogen (secondary N) is 1. The number of carbonyl (C=O) groups excluding carboxylic acids is 2. The Hall–Kier alpha value is -2.02. The zero-order valence-corrected chi connectivity index (χ0v) is 11.9. The lowest BCUT2D eigenvalue weighted by Crippen LogP contribution is -2.32. The fourth-order valence-electron chi connectivity index (χ4n) is 2.17. The van der Waals surface area contributed by atoms with E-state index in [-0.39, 0.29) is 23.5 Å². The maximum absolute atomic E-state index is 12.1. The summed E-state index contributed by atoms with van der Waals surface area (Å²) in [5.41, 5.74) is 6.71. The van der Waals surface area contributed by atoms with Gasteiger partial charge in [0.25, 0.3) is 5.91 Å². The maximum atomic E-state index is 12.1. The van der Waals surface area contributed by atoms with Gasteiger partial charge >= 0.3 is 6.03 Å². The number of carbonyl (C=O) groups is 2. The highest BCUT2D eigenvalue weighted by Gasteiger charge is 2.37. The largest absolute Gasteiger partial charge is 0.388 e. The molecule has 3 amide bonds. The van der Waals surface area contributed by atoms with E-state index < -0.39 is 6.04 Å². The van der Waals surface area contributed by atoms with E-state index in [1.54, 1.807) is 18.3 Å². The van der Waals surface area contributed by atoms with Crippen LogP contribution in [0.3, 0.4) is 0 Å². The van der Waals surface area contributed by atoms with Crippen LogP contribution in [0.15, 0.2) is 18.3 Å². The Kier molecular flexibility index (Phi) is 4.29. The SMILES string of the molecule is CCCC1NC(=O)N(Cc2cccnc2C(N)=S)C1=O. The third kappa shape index (κ3) is 2.77. The van der Waals surface area contributed by atoms with E-state index >= 15 is 0 Å². The Balaban J connectivity index is 2.20. The minimum absolute atomic E-state index is 0.130. The van der Waals surface area contributed by atoms with Crippen LogP contribution in [-0.4, -0.2) is 32.9 Å². The molecule has 20 heavy (non-hydrogen) atoms. The van der Waals surface area contributed by atoms with Crippen molar-refractivity contribution in [1.29, 1.82) is 0 Å². The Morgan fingerprint density at radius 1 is 1.55 bits per heavy atom. The van der Waals surface area contributed by atoms with Crippen LogP contribution in [-0.2, 0) is 11.3 Å². The summed E-state index contributed by atoms with van der Waals surface area (Å²) in [5, 5.41) is 2.68. The highest BCUT2D eigenvalue weighted by Crippen LogP contribution is 2.16. The predicted molar refractivity (Wildman–Crippen MR) is 77.9 cm³/mol. The lowest BCUT2D eigenvalue weighted by atomic mass is 10.1. The minimum Gasteiger partial charge on any atom is -0.388 e. The molecule has 0 bridgehead atoms. The van der Waals surface area contributed by atoms with Crippen molar-refractivity contribution in [2.24, 2.45) is 5.73 Å². The van der Waals surface area contributed by atoms with Gasteiger partial charge in [0.05, 0.1) is 6.54 Å². The summed E-state index contributed by atoms with van der Waals surface area (Å²) in [6, 6.07) is 2.66.